The van der Waals surface area contributed by atoms with Crippen molar-refractivity contribution in [2.24, 2.45) is 5.73 Å². The van der Waals surface area contributed by atoms with Gasteiger partial charge in [0.05, 0.1) is 4.99 Å². The number of nitrogens with two attached hydrogens (primary N) is 1. The molecule has 0 aliphatic carbocycles. The Morgan fingerprint density at radius 2 is 1.78 bits per heavy atom. The Morgan fingerprint density at radius 1 is 1.22 bits per heavy atom. The molecule has 0 aromatic carbocycles. The molecule has 4 nitrogen and oxygen atoms in total. The van der Waals surface area contributed by atoms with E-state index in [-0.39, 0.29) is 11.4 Å². The topological polar surface area (TPSA) is 49.6 Å². The molecule has 0 aromatic rings. The van der Waals surface area contributed by atoms with Gasteiger partial charge in [0.25, 0.3) is 0 Å². The predicted octanol–water partition coefficient (Wildman–Crippen LogP) is 1.63. The first-order chi connectivity index (χ1) is 8.20. The highest BCUT2D eigenvalue weighted by molar-refractivity contribution is 7.80. The molecule has 2 N–H and O–H groups in total. The zero-order valence-corrected chi connectivity index (χ0v) is 13.1. The highest BCUT2D eigenvalue weighted by Crippen LogP contribution is 2.16. The molecule has 0 aliphatic heterocycles. The fourth-order valence-corrected chi connectivity index (χ4v) is 1.52. The molecule has 18 heavy (non-hydrogen) atoms. The van der Waals surface area contributed by atoms with Crippen molar-refractivity contribution in [3.8, 4) is 0 Å². The summed E-state index contributed by atoms with van der Waals surface area (Å²) in [7, 11) is 3.86. The summed E-state index contributed by atoms with van der Waals surface area (Å²) in [6.07, 6.45) is 2.19. The van der Waals surface area contributed by atoms with E-state index in [1.54, 1.807) is 11.9 Å². The molecule has 0 saturated carbocycles. The van der Waals surface area contributed by atoms with Gasteiger partial charge in [-0.2, -0.15) is 0 Å². The monoisotopic (exact) mass is 273 g/mol. The quantitative estimate of drug-likeness (QED) is 0.683. The van der Waals surface area contributed by atoms with Crippen molar-refractivity contribution in [1.82, 2.24) is 9.80 Å². The van der Waals surface area contributed by atoms with Gasteiger partial charge in [-0.3, -0.25) is 4.79 Å². The van der Waals surface area contributed by atoms with Crippen molar-refractivity contribution < 1.29 is 4.79 Å². The smallest absolute Gasteiger partial charge is 0.223 e. The predicted molar refractivity (Wildman–Crippen MR) is 80.7 cm³/mol. The van der Waals surface area contributed by atoms with Gasteiger partial charge in [-0.05, 0) is 27.3 Å². The van der Waals surface area contributed by atoms with Crippen LogP contribution in [0.15, 0.2) is 0 Å². The summed E-state index contributed by atoms with van der Waals surface area (Å²) in [6.45, 7) is 7.92. The van der Waals surface area contributed by atoms with E-state index in [4.69, 9.17) is 18.0 Å². The van der Waals surface area contributed by atoms with E-state index in [1.165, 1.54) is 0 Å². The van der Waals surface area contributed by atoms with E-state index in [9.17, 15) is 4.79 Å². The molecule has 0 fully saturated rings. The van der Waals surface area contributed by atoms with Crippen LogP contribution in [0.1, 0.15) is 40.0 Å². The maximum Gasteiger partial charge on any atom is 0.223 e. The van der Waals surface area contributed by atoms with Crippen molar-refractivity contribution in [2.75, 3.05) is 27.2 Å². The SMILES string of the molecule is CCC(C)(C)N(C)CCC(=O)N(C)CCC(N)=S. The summed E-state index contributed by atoms with van der Waals surface area (Å²) >= 11 is 4.80. The molecule has 0 atom stereocenters. The Balaban J connectivity index is 4.06. The van der Waals surface area contributed by atoms with Crippen LogP contribution in [0.2, 0.25) is 0 Å². The highest BCUT2D eigenvalue weighted by atomic mass is 32.1. The summed E-state index contributed by atoms with van der Waals surface area (Å²) in [5.41, 5.74) is 5.56. The van der Waals surface area contributed by atoms with Gasteiger partial charge >= 0.3 is 0 Å². The Bertz CT molecular complexity index is 292. The maximum atomic E-state index is 11.9. The molecule has 1 amide bonds. The van der Waals surface area contributed by atoms with Crippen molar-refractivity contribution in [3.63, 3.8) is 0 Å². The van der Waals surface area contributed by atoms with Gasteiger partial charge in [0.1, 0.15) is 0 Å². The number of nitrogens with zero attached hydrogens (tertiary/aromatic N) is 2. The third-order valence-electron chi connectivity index (χ3n) is 3.68. The van der Waals surface area contributed by atoms with E-state index in [2.05, 4.69) is 32.7 Å². The van der Waals surface area contributed by atoms with Crippen molar-refractivity contribution in [1.29, 1.82) is 0 Å². The van der Waals surface area contributed by atoms with Crippen LogP contribution in [0.4, 0.5) is 0 Å². The Kier molecular flexibility index (Phi) is 7.40. The minimum absolute atomic E-state index is 0.137. The first-order valence-corrected chi connectivity index (χ1v) is 6.85. The second-order valence-electron chi connectivity index (χ2n) is 5.37. The fourth-order valence-electron chi connectivity index (χ4n) is 1.43. The molecule has 0 spiro atoms. The summed E-state index contributed by atoms with van der Waals surface area (Å²) in [5.74, 6) is 0.144. The number of hydrogen-bond donors (Lipinski definition) is 1. The maximum absolute atomic E-state index is 11.9. The lowest BCUT2D eigenvalue weighted by Gasteiger charge is -2.35. The minimum atomic E-state index is 0.137. The van der Waals surface area contributed by atoms with E-state index >= 15 is 0 Å². The molecule has 0 rings (SSSR count). The molecular formula is C13H27N3OS. The van der Waals surface area contributed by atoms with Crippen molar-refractivity contribution in [3.05, 3.63) is 0 Å². The number of rotatable bonds is 8. The third kappa shape index (κ3) is 6.31. The van der Waals surface area contributed by atoms with Gasteiger partial charge in [0.2, 0.25) is 5.91 Å². The summed E-state index contributed by atoms with van der Waals surface area (Å²) in [5, 5.41) is 0. The molecule has 0 aliphatic rings. The van der Waals surface area contributed by atoms with Crippen LogP contribution in [0.5, 0.6) is 0 Å². The second kappa shape index (κ2) is 7.69. The second-order valence-corrected chi connectivity index (χ2v) is 5.89. The number of carbonyl (C=O) groups excluding carboxylic acids is 1. The van der Waals surface area contributed by atoms with Crippen LogP contribution in [0.25, 0.3) is 0 Å². The van der Waals surface area contributed by atoms with E-state index in [0.717, 1.165) is 13.0 Å². The van der Waals surface area contributed by atoms with Crippen molar-refractivity contribution in [2.45, 2.75) is 45.6 Å². The first kappa shape index (κ1) is 17.3. The lowest BCUT2D eigenvalue weighted by molar-refractivity contribution is -0.130. The van der Waals surface area contributed by atoms with E-state index in [0.29, 0.717) is 24.4 Å². The lowest BCUT2D eigenvalue weighted by Crippen LogP contribution is -2.42. The summed E-state index contributed by atoms with van der Waals surface area (Å²) in [6, 6.07) is 0. The van der Waals surface area contributed by atoms with Gasteiger partial charge in [0.15, 0.2) is 0 Å². The number of amides is 1. The zero-order valence-electron chi connectivity index (χ0n) is 12.3. The molecule has 0 aromatic heterocycles. The van der Waals surface area contributed by atoms with Crippen LogP contribution < -0.4 is 5.73 Å². The van der Waals surface area contributed by atoms with E-state index < -0.39 is 0 Å². The highest BCUT2D eigenvalue weighted by Gasteiger charge is 2.21. The summed E-state index contributed by atoms with van der Waals surface area (Å²) in [4.78, 5) is 16.3. The third-order valence-corrected chi connectivity index (χ3v) is 3.88. The molecule has 0 saturated heterocycles. The largest absolute Gasteiger partial charge is 0.393 e. The average molecular weight is 273 g/mol. The standard InChI is InChI=1S/C13H27N3OS/c1-6-13(2,3)16(5)10-8-12(17)15(4)9-7-11(14)18/h6-10H2,1-5H3,(H2,14,18). The Hall–Kier alpha value is -0.680. The van der Waals surface area contributed by atoms with Crippen LogP contribution >= 0.6 is 12.2 Å². The molecule has 0 heterocycles. The normalized spacial score (nSPS) is 11.7. The van der Waals surface area contributed by atoms with Crippen LogP contribution in [-0.4, -0.2) is 53.4 Å². The molecule has 0 unspecified atom stereocenters. The first-order valence-electron chi connectivity index (χ1n) is 6.44. The molecular weight excluding hydrogens is 246 g/mol. The molecule has 106 valence electrons. The minimum Gasteiger partial charge on any atom is -0.393 e. The number of thiocarbonyl (C=S) groups is 1. The van der Waals surface area contributed by atoms with Crippen LogP contribution in [-0.2, 0) is 4.79 Å². The molecule has 0 radical (unpaired) electrons. The van der Waals surface area contributed by atoms with Crippen molar-refractivity contribution >= 4 is 23.1 Å². The number of carbonyl (C=O) groups is 1. The van der Waals surface area contributed by atoms with E-state index in [1.807, 2.05) is 0 Å². The Labute approximate surface area is 116 Å². The average Bonchev–Trinajstić information content (AvgIpc) is 2.32. The van der Waals surface area contributed by atoms with Gasteiger partial charge in [-0.25, -0.2) is 0 Å². The van der Waals surface area contributed by atoms with Gasteiger partial charge in [-0.1, -0.05) is 19.1 Å². The lowest BCUT2D eigenvalue weighted by atomic mass is 10.00. The molecule has 0 bridgehead atoms. The number of hydrogen-bond acceptors (Lipinski definition) is 3. The fraction of sp³-hybridized carbons (Fsp3) is 0.846. The van der Waals surface area contributed by atoms with Crippen LogP contribution in [0, 0.1) is 0 Å². The Morgan fingerprint density at radius 3 is 2.22 bits per heavy atom. The van der Waals surface area contributed by atoms with Gasteiger partial charge in [0, 0.05) is 38.5 Å². The van der Waals surface area contributed by atoms with Crippen LogP contribution in [0.3, 0.4) is 0 Å². The zero-order chi connectivity index (χ0) is 14.3. The summed E-state index contributed by atoms with van der Waals surface area (Å²) < 4.78 is 0. The van der Waals surface area contributed by atoms with Gasteiger partial charge < -0.3 is 15.5 Å². The van der Waals surface area contributed by atoms with Gasteiger partial charge in [-0.15, -0.1) is 0 Å². The molecule has 5 heteroatoms.